The van der Waals surface area contributed by atoms with E-state index in [0.717, 1.165) is 42.3 Å². The molecule has 1 aromatic heterocycles. The zero-order chi connectivity index (χ0) is 24.8. The highest BCUT2D eigenvalue weighted by Crippen LogP contribution is 2.35. The van der Waals surface area contributed by atoms with E-state index in [1.807, 2.05) is 60.7 Å². The van der Waals surface area contributed by atoms with E-state index in [2.05, 4.69) is 15.1 Å². The molecule has 0 aliphatic carbocycles. The molecule has 0 radical (unpaired) electrons. The van der Waals surface area contributed by atoms with Gasteiger partial charge in [0.15, 0.2) is 5.78 Å². The smallest absolute Gasteiger partial charge is 0.350 e. The average molecular weight is 492 g/mol. The Bertz CT molecular complexity index is 1180. The molecule has 8 heteroatoms. The number of amides is 1. The summed E-state index contributed by atoms with van der Waals surface area (Å²) in [5.74, 6) is -0.536. The molecule has 0 bridgehead atoms. The number of rotatable bonds is 8. The minimum absolute atomic E-state index is 0.0556. The maximum Gasteiger partial charge on any atom is 0.350 e. The first kappa shape index (κ1) is 24.6. The number of nitrogens with one attached hydrogen (secondary N) is 1. The summed E-state index contributed by atoms with van der Waals surface area (Å²) in [5.41, 5.74) is 3.25. The summed E-state index contributed by atoms with van der Waals surface area (Å²) in [6, 6.07) is 19.2. The number of benzene rings is 2. The van der Waals surface area contributed by atoms with Crippen LogP contribution in [0.4, 0.5) is 11.4 Å². The van der Waals surface area contributed by atoms with Crippen molar-refractivity contribution in [1.29, 1.82) is 0 Å². The second-order valence-corrected chi connectivity index (χ2v) is 9.41. The quantitative estimate of drug-likeness (QED) is 0.368. The Morgan fingerprint density at radius 1 is 0.971 bits per heavy atom. The van der Waals surface area contributed by atoms with Crippen molar-refractivity contribution in [3.63, 3.8) is 0 Å². The Balaban J connectivity index is 1.37. The van der Waals surface area contributed by atoms with Crippen LogP contribution < -0.4 is 10.2 Å². The number of ketones is 1. The first-order valence-electron chi connectivity index (χ1n) is 11.7. The van der Waals surface area contributed by atoms with Crippen LogP contribution in [0.5, 0.6) is 0 Å². The first-order valence-corrected chi connectivity index (χ1v) is 12.5. The number of Topliss-reactive ketones (excluding diaryl/α,β-unsaturated/α-hetero) is 1. The fourth-order valence-corrected chi connectivity index (χ4v) is 5.05. The van der Waals surface area contributed by atoms with Crippen molar-refractivity contribution in [2.75, 3.05) is 49.5 Å². The van der Waals surface area contributed by atoms with Crippen molar-refractivity contribution < 1.29 is 19.1 Å². The van der Waals surface area contributed by atoms with Gasteiger partial charge in [0, 0.05) is 42.3 Å². The molecule has 2 aromatic carbocycles. The molecular weight excluding hydrogens is 462 g/mol. The Morgan fingerprint density at radius 3 is 2.29 bits per heavy atom. The van der Waals surface area contributed by atoms with Crippen LogP contribution >= 0.6 is 11.3 Å². The number of esters is 1. The minimum Gasteiger partial charge on any atom is -0.462 e. The van der Waals surface area contributed by atoms with Crippen molar-refractivity contribution in [1.82, 2.24) is 4.90 Å². The van der Waals surface area contributed by atoms with Crippen LogP contribution in [0.25, 0.3) is 10.4 Å². The van der Waals surface area contributed by atoms with Crippen molar-refractivity contribution in [2.45, 2.75) is 13.8 Å². The van der Waals surface area contributed by atoms with Crippen LogP contribution in [-0.2, 0) is 9.53 Å². The Hall–Kier alpha value is -3.49. The summed E-state index contributed by atoms with van der Waals surface area (Å²) in [7, 11) is 0. The molecule has 1 amide bonds. The van der Waals surface area contributed by atoms with E-state index in [1.165, 1.54) is 11.3 Å². The number of carbonyl (C=O) groups is 3. The van der Waals surface area contributed by atoms with E-state index in [1.54, 1.807) is 13.8 Å². The van der Waals surface area contributed by atoms with Crippen molar-refractivity contribution in [2.24, 2.45) is 0 Å². The highest BCUT2D eigenvalue weighted by atomic mass is 32.1. The monoisotopic (exact) mass is 491 g/mol. The SMILES string of the molecule is CCOC(=O)c1sc(-c2ccccc2)cc1NC(=O)CN1CCN(c2ccc(C(C)=O)cc2)CC1. The molecule has 1 saturated heterocycles. The summed E-state index contributed by atoms with van der Waals surface area (Å²) >= 11 is 1.32. The van der Waals surface area contributed by atoms with Gasteiger partial charge in [0.25, 0.3) is 0 Å². The average Bonchev–Trinajstić information content (AvgIpc) is 3.29. The summed E-state index contributed by atoms with van der Waals surface area (Å²) < 4.78 is 5.21. The van der Waals surface area contributed by atoms with E-state index in [-0.39, 0.29) is 24.8 Å². The van der Waals surface area contributed by atoms with Gasteiger partial charge in [-0.05, 0) is 49.7 Å². The number of hydrogen-bond donors (Lipinski definition) is 1. The van der Waals surface area contributed by atoms with Gasteiger partial charge in [-0.1, -0.05) is 30.3 Å². The van der Waals surface area contributed by atoms with E-state index >= 15 is 0 Å². The van der Waals surface area contributed by atoms with Gasteiger partial charge in [0.05, 0.1) is 18.8 Å². The number of anilines is 2. The van der Waals surface area contributed by atoms with Gasteiger partial charge >= 0.3 is 5.97 Å². The number of ether oxygens (including phenoxy) is 1. The number of carbonyl (C=O) groups excluding carboxylic acids is 3. The molecule has 0 unspecified atom stereocenters. The summed E-state index contributed by atoms with van der Waals surface area (Å²) in [4.78, 5) is 42.5. The lowest BCUT2D eigenvalue weighted by Gasteiger charge is -2.35. The molecule has 1 fully saturated rings. The highest BCUT2D eigenvalue weighted by Gasteiger charge is 2.23. The van der Waals surface area contributed by atoms with E-state index in [0.29, 0.717) is 16.1 Å². The molecule has 4 rings (SSSR count). The van der Waals surface area contributed by atoms with Gasteiger partial charge in [-0.3, -0.25) is 14.5 Å². The van der Waals surface area contributed by atoms with Gasteiger partial charge in [-0.15, -0.1) is 11.3 Å². The van der Waals surface area contributed by atoms with Gasteiger partial charge in [-0.2, -0.15) is 0 Å². The van der Waals surface area contributed by atoms with Crippen LogP contribution in [-0.4, -0.2) is 61.9 Å². The molecule has 1 aliphatic rings. The van der Waals surface area contributed by atoms with Gasteiger partial charge in [0.2, 0.25) is 5.91 Å². The standard InChI is InChI=1S/C27H29N3O4S/c1-3-34-27(33)26-23(17-24(35-26)21-7-5-4-6-8-21)28-25(32)18-29-13-15-30(16-14-29)22-11-9-20(10-12-22)19(2)31/h4-12,17H,3,13-16,18H2,1-2H3,(H,28,32). The van der Waals surface area contributed by atoms with E-state index in [9.17, 15) is 14.4 Å². The van der Waals surface area contributed by atoms with Gasteiger partial charge in [0.1, 0.15) is 4.88 Å². The van der Waals surface area contributed by atoms with Crippen LogP contribution in [0, 0.1) is 0 Å². The predicted molar refractivity (Wildman–Crippen MR) is 139 cm³/mol. The first-order chi connectivity index (χ1) is 16.9. The zero-order valence-corrected chi connectivity index (χ0v) is 20.8. The molecule has 1 N–H and O–H groups in total. The fourth-order valence-electron chi connectivity index (χ4n) is 4.04. The number of piperazine rings is 1. The summed E-state index contributed by atoms with van der Waals surface area (Å²) in [6.45, 7) is 6.90. The molecule has 35 heavy (non-hydrogen) atoms. The maximum atomic E-state index is 12.9. The largest absolute Gasteiger partial charge is 0.462 e. The van der Waals surface area contributed by atoms with Crippen molar-refractivity contribution in [3.05, 3.63) is 71.1 Å². The molecule has 0 atom stereocenters. The molecule has 0 saturated carbocycles. The summed E-state index contributed by atoms with van der Waals surface area (Å²) in [5, 5.41) is 2.93. The van der Waals surface area contributed by atoms with Crippen LogP contribution in [0.3, 0.4) is 0 Å². The second-order valence-electron chi connectivity index (χ2n) is 8.35. The molecule has 0 spiro atoms. The second kappa shape index (κ2) is 11.3. The third-order valence-corrected chi connectivity index (χ3v) is 7.07. The van der Waals surface area contributed by atoms with Crippen LogP contribution in [0.2, 0.25) is 0 Å². The molecule has 3 aromatic rings. The number of hydrogen-bond acceptors (Lipinski definition) is 7. The normalized spacial score (nSPS) is 13.9. The van der Waals surface area contributed by atoms with Gasteiger partial charge in [-0.25, -0.2) is 4.79 Å². The van der Waals surface area contributed by atoms with Crippen LogP contribution in [0.1, 0.15) is 33.9 Å². The third-order valence-electron chi connectivity index (χ3n) is 5.90. The lowest BCUT2D eigenvalue weighted by atomic mass is 10.1. The lowest BCUT2D eigenvalue weighted by Crippen LogP contribution is -2.48. The van der Waals surface area contributed by atoms with Crippen molar-refractivity contribution in [3.8, 4) is 10.4 Å². The Kier molecular flexibility index (Phi) is 7.94. The minimum atomic E-state index is -0.431. The fraction of sp³-hybridized carbons (Fsp3) is 0.296. The predicted octanol–water partition coefficient (Wildman–Crippen LogP) is 4.56. The van der Waals surface area contributed by atoms with Crippen molar-refractivity contribution >= 4 is 40.4 Å². The van der Waals surface area contributed by atoms with Crippen LogP contribution in [0.15, 0.2) is 60.7 Å². The van der Waals surface area contributed by atoms with E-state index < -0.39 is 5.97 Å². The number of thiophene rings is 1. The number of nitrogens with zero attached hydrogens (tertiary/aromatic N) is 2. The maximum absolute atomic E-state index is 12.9. The molecule has 7 nitrogen and oxygen atoms in total. The summed E-state index contributed by atoms with van der Waals surface area (Å²) in [6.07, 6.45) is 0. The molecule has 2 heterocycles. The zero-order valence-electron chi connectivity index (χ0n) is 20.0. The lowest BCUT2D eigenvalue weighted by molar-refractivity contribution is -0.117. The highest BCUT2D eigenvalue weighted by molar-refractivity contribution is 7.18. The Morgan fingerprint density at radius 2 is 1.66 bits per heavy atom. The third kappa shape index (κ3) is 6.15. The molecule has 1 aliphatic heterocycles. The molecular formula is C27H29N3O4S. The topological polar surface area (TPSA) is 79.0 Å². The van der Waals surface area contributed by atoms with Gasteiger partial charge < -0.3 is 15.0 Å². The van der Waals surface area contributed by atoms with E-state index in [4.69, 9.17) is 4.74 Å². The molecule has 182 valence electrons. The Labute approximate surface area is 209 Å².